The maximum atomic E-state index is 12.0. The Morgan fingerprint density at radius 1 is 1.42 bits per heavy atom. The summed E-state index contributed by atoms with van der Waals surface area (Å²) in [6, 6.07) is 4.62. The summed E-state index contributed by atoms with van der Waals surface area (Å²) in [5.41, 5.74) is 0. The number of hydrogen-bond acceptors (Lipinski definition) is 2. The van der Waals surface area contributed by atoms with Gasteiger partial charge < -0.3 is 5.32 Å². The number of carbonyl (C=O) groups excluding carboxylic acids is 1. The van der Waals surface area contributed by atoms with Crippen LogP contribution in [0.2, 0.25) is 0 Å². The van der Waals surface area contributed by atoms with Gasteiger partial charge in [-0.1, -0.05) is 32.8 Å². The van der Waals surface area contributed by atoms with Gasteiger partial charge in [0.25, 0.3) is 0 Å². The molecule has 1 aliphatic carbocycles. The Labute approximate surface area is 120 Å². The fourth-order valence-corrected chi connectivity index (χ4v) is 3.69. The van der Waals surface area contributed by atoms with Gasteiger partial charge in [-0.2, -0.15) is 0 Å². The number of nitrogens with one attached hydrogen (secondary N) is 1. The molecule has 0 radical (unpaired) electrons. The van der Waals surface area contributed by atoms with Gasteiger partial charge in [-0.15, -0.1) is 11.3 Å². The summed E-state index contributed by atoms with van der Waals surface area (Å²) in [7, 11) is 0. The maximum Gasteiger partial charge on any atom is 0.220 e. The van der Waals surface area contributed by atoms with Crippen molar-refractivity contribution in [3.63, 3.8) is 0 Å². The SMILES string of the molecule is C[C@H]1[C@H](C)CCC[C@@H]1NC(=O)CCCc1cccs1. The van der Waals surface area contributed by atoms with Gasteiger partial charge in [-0.3, -0.25) is 4.79 Å². The fourth-order valence-electron chi connectivity index (χ4n) is 2.94. The smallest absolute Gasteiger partial charge is 0.220 e. The molecular formula is C16H25NOS. The Morgan fingerprint density at radius 3 is 3.00 bits per heavy atom. The quantitative estimate of drug-likeness (QED) is 0.867. The first kappa shape index (κ1) is 14.6. The number of thiophene rings is 1. The summed E-state index contributed by atoms with van der Waals surface area (Å²) >= 11 is 1.78. The third-order valence-electron chi connectivity index (χ3n) is 4.46. The molecule has 1 aromatic rings. The normalized spacial score (nSPS) is 27.2. The molecule has 1 amide bonds. The summed E-state index contributed by atoms with van der Waals surface area (Å²) in [5.74, 6) is 1.60. The second-order valence-electron chi connectivity index (χ2n) is 5.87. The predicted molar refractivity (Wildman–Crippen MR) is 81.4 cm³/mol. The van der Waals surface area contributed by atoms with E-state index in [9.17, 15) is 4.79 Å². The topological polar surface area (TPSA) is 29.1 Å². The molecule has 1 fully saturated rings. The van der Waals surface area contributed by atoms with Crippen LogP contribution in [0.3, 0.4) is 0 Å². The summed E-state index contributed by atoms with van der Waals surface area (Å²) in [5, 5.41) is 5.34. The van der Waals surface area contributed by atoms with Crippen LogP contribution in [0, 0.1) is 11.8 Å². The van der Waals surface area contributed by atoms with Gasteiger partial charge >= 0.3 is 0 Å². The Balaban J connectivity index is 1.69. The molecule has 1 N–H and O–H groups in total. The summed E-state index contributed by atoms with van der Waals surface area (Å²) in [6.45, 7) is 4.58. The van der Waals surface area contributed by atoms with E-state index in [4.69, 9.17) is 0 Å². The summed E-state index contributed by atoms with van der Waals surface area (Å²) < 4.78 is 0. The number of rotatable bonds is 5. The van der Waals surface area contributed by atoms with Crippen LogP contribution in [0.5, 0.6) is 0 Å². The molecule has 3 heteroatoms. The molecule has 0 aromatic carbocycles. The van der Waals surface area contributed by atoms with Crippen molar-refractivity contribution in [2.75, 3.05) is 0 Å². The van der Waals surface area contributed by atoms with Crippen LogP contribution in [0.25, 0.3) is 0 Å². The van der Waals surface area contributed by atoms with E-state index in [1.54, 1.807) is 11.3 Å². The largest absolute Gasteiger partial charge is 0.353 e. The Hall–Kier alpha value is -0.830. The van der Waals surface area contributed by atoms with Crippen molar-refractivity contribution < 1.29 is 4.79 Å². The van der Waals surface area contributed by atoms with Crippen molar-refractivity contribution >= 4 is 17.2 Å². The average molecular weight is 279 g/mol. The molecule has 1 saturated carbocycles. The molecule has 0 aliphatic heterocycles. The first-order valence-corrected chi connectivity index (χ1v) is 8.36. The fraction of sp³-hybridized carbons (Fsp3) is 0.688. The minimum atomic E-state index is 0.238. The van der Waals surface area contributed by atoms with Gasteiger partial charge in [0.15, 0.2) is 0 Å². The van der Waals surface area contributed by atoms with Crippen molar-refractivity contribution in [3.05, 3.63) is 22.4 Å². The first-order valence-electron chi connectivity index (χ1n) is 7.48. The van der Waals surface area contributed by atoms with Gasteiger partial charge in [-0.05, 0) is 42.5 Å². The average Bonchev–Trinajstić information content (AvgIpc) is 2.88. The van der Waals surface area contributed by atoms with Crippen molar-refractivity contribution in [1.82, 2.24) is 5.32 Å². The van der Waals surface area contributed by atoms with Gasteiger partial charge in [0.2, 0.25) is 5.91 Å². The summed E-state index contributed by atoms with van der Waals surface area (Å²) in [6.07, 6.45) is 6.37. The molecule has 1 aliphatic rings. The lowest BCUT2D eigenvalue weighted by Gasteiger charge is -2.34. The highest BCUT2D eigenvalue weighted by Gasteiger charge is 2.27. The van der Waals surface area contributed by atoms with Crippen LogP contribution < -0.4 is 5.32 Å². The molecule has 3 atom stereocenters. The minimum Gasteiger partial charge on any atom is -0.353 e. The van der Waals surface area contributed by atoms with Crippen LogP contribution in [-0.4, -0.2) is 11.9 Å². The lowest BCUT2D eigenvalue weighted by molar-refractivity contribution is -0.122. The van der Waals surface area contributed by atoms with E-state index in [1.165, 1.54) is 17.7 Å². The predicted octanol–water partition coefficient (Wildman–Crippen LogP) is 4.01. The summed E-state index contributed by atoms with van der Waals surface area (Å²) in [4.78, 5) is 13.4. The number of hydrogen-bond donors (Lipinski definition) is 1. The third kappa shape index (κ3) is 4.34. The van der Waals surface area contributed by atoms with Gasteiger partial charge in [-0.25, -0.2) is 0 Å². The molecule has 1 heterocycles. The third-order valence-corrected chi connectivity index (χ3v) is 5.40. The number of carbonyl (C=O) groups is 1. The van der Waals surface area contributed by atoms with Crippen molar-refractivity contribution in [2.45, 2.75) is 58.4 Å². The Kier molecular flexibility index (Phi) is 5.44. The molecule has 0 bridgehead atoms. The molecule has 0 spiro atoms. The highest BCUT2D eigenvalue weighted by Crippen LogP contribution is 2.29. The van der Waals surface area contributed by atoms with E-state index in [0.717, 1.165) is 25.2 Å². The van der Waals surface area contributed by atoms with E-state index >= 15 is 0 Å². The highest BCUT2D eigenvalue weighted by atomic mass is 32.1. The van der Waals surface area contributed by atoms with Crippen molar-refractivity contribution in [3.8, 4) is 0 Å². The van der Waals surface area contributed by atoms with Gasteiger partial charge in [0, 0.05) is 17.3 Å². The molecule has 2 nitrogen and oxygen atoms in total. The molecule has 2 rings (SSSR count). The van der Waals surface area contributed by atoms with Crippen LogP contribution in [-0.2, 0) is 11.2 Å². The molecule has 106 valence electrons. The van der Waals surface area contributed by atoms with Crippen LogP contribution >= 0.6 is 11.3 Å². The maximum absolute atomic E-state index is 12.0. The zero-order chi connectivity index (χ0) is 13.7. The monoisotopic (exact) mass is 279 g/mol. The van der Waals surface area contributed by atoms with Gasteiger partial charge in [0.05, 0.1) is 0 Å². The second-order valence-corrected chi connectivity index (χ2v) is 6.91. The first-order chi connectivity index (χ1) is 9.16. The van der Waals surface area contributed by atoms with Crippen molar-refractivity contribution in [2.24, 2.45) is 11.8 Å². The van der Waals surface area contributed by atoms with E-state index in [1.807, 2.05) is 0 Å². The minimum absolute atomic E-state index is 0.238. The van der Waals surface area contributed by atoms with Gasteiger partial charge in [0.1, 0.15) is 0 Å². The number of aryl methyl sites for hydroxylation is 1. The highest BCUT2D eigenvalue weighted by molar-refractivity contribution is 7.09. The molecule has 1 aromatic heterocycles. The standard InChI is InChI=1S/C16H25NOS/c1-12-6-3-9-15(13(12)2)17-16(18)10-4-7-14-8-5-11-19-14/h5,8,11-13,15H,3-4,6-7,9-10H2,1-2H3,(H,17,18)/t12-,13+,15+/m1/s1. The van der Waals surface area contributed by atoms with E-state index in [2.05, 4.69) is 36.7 Å². The zero-order valence-corrected chi connectivity index (χ0v) is 12.8. The molecule has 19 heavy (non-hydrogen) atoms. The van der Waals surface area contributed by atoms with Crippen LogP contribution in [0.1, 0.15) is 50.8 Å². The van der Waals surface area contributed by atoms with Crippen LogP contribution in [0.15, 0.2) is 17.5 Å². The van der Waals surface area contributed by atoms with E-state index < -0.39 is 0 Å². The van der Waals surface area contributed by atoms with E-state index in [-0.39, 0.29) is 5.91 Å². The Bertz CT molecular complexity index is 387. The molecular weight excluding hydrogens is 254 g/mol. The second kappa shape index (κ2) is 7.09. The van der Waals surface area contributed by atoms with Crippen molar-refractivity contribution in [1.29, 1.82) is 0 Å². The number of amides is 1. The lowest BCUT2D eigenvalue weighted by atomic mass is 9.78. The molecule has 0 saturated heterocycles. The van der Waals surface area contributed by atoms with E-state index in [0.29, 0.717) is 18.4 Å². The zero-order valence-electron chi connectivity index (χ0n) is 12.0. The van der Waals surface area contributed by atoms with Crippen LogP contribution in [0.4, 0.5) is 0 Å². The lowest BCUT2D eigenvalue weighted by Crippen LogP contribution is -2.43. The Morgan fingerprint density at radius 2 is 2.26 bits per heavy atom. The molecule has 0 unspecified atom stereocenters.